The van der Waals surface area contributed by atoms with Gasteiger partial charge in [-0.15, -0.1) is 0 Å². The average molecular weight is 488 g/mol. The fourth-order valence-corrected chi connectivity index (χ4v) is 7.90. The molecule has 0 amide bonds. The minimum absolute atomic E-state index is 0.232. The van der Waals surface area contributed by atoms with E-state index in [1.165, 1.54) is 24.8 Å². The van der Waals surface area contributed by atoms with Gasteiger partial charge in [-0.25, -0.2) is 0 Å². The van der Waals surface area contributed by atoms with Gasteiger partial charge in [0.1, 0.15) is 5.84 Å². The van der Waals surface area contributed by atoms with E-state index in [4.69, 9.17) is 15.5 Å². The van der Waals surface area contributed by atoms with E-state index in [9.17, 15) is 4.79 Å². The molecule has 0 bridgehead atoms. The van der Waals surface area contributed by atoms with E-state index in [-0.39, 0.29) is 16.7 Å². The van der Waals surface area contributed by atoms with Crippen LogP contribution in [0.5, 0.6) is 0 Å². The van der Waals surface area contributed by atoms with E-state index in [1.54, 1.807) is 7.11 Å². The highest BCUT2D eigenvalue weighted by Crippen LogP contribution is 2.66. The Morgan fingerprint density at radius 2 is 1.91 bits per heavy atom. The van der Waals surface area contributed by atoms with Crippen LogP contribution in [0, 0.1) is 40.4 Å². The Labute approximate surface area is 215 Å². The van der Waals surface area contributed by atoms with Gasteiger partial charge in [0.15, 0.2) is 5.78 Å². The number of ether oxygens (including phenoxy) is 1. The molecule has 5 heteroatoms. The second-order valence-electron chi connectivity index (χ2n) is 12.3. The predicted molar refractivity (Wildman–Crippen MR) is 147 cm³/mol. The molecule has 0 heterocycles. The topological polar surface area (TPSA) is 67.9 Å². The highest BCUT2D eigenvalue weighted by atomic mass is 16.5. The summed E-state index contributed by atoms with van der Waals surface area (Å²) in [6.45, 7) is 20.5. The lowest BCUT2D eigenvalue weighted by atomic mass is 9.46. The van der Waals surface area contributed by atoms with Crippen molar-refractivity contribution in [1.29, 1.82) is 0 Å². The van der Waals surface area contributed by atoms with Gasteiger partial charge >= 0.3 is 0 Å². The highest BCUT2D eigenvalue weighted by molar-refractivity contribution is 6.07. The number of nitrogens with two attached hydrogens (primary N) is 1. The van der Waals surface area contributed by atoms with Crippen molar-refractivity contribution in [3.05, 3.63) is 11.1 Å². The third kappa shape index (κ3) is 5.14. The molecule has 3 aliphatic carbocycles. The van der Waals surface area contributed by atoms with Gasteiger partial charge in [0.2, 0.25) is 0 Å². The van der Waals surface area contributed by atoms with Gasteiger partial charge in [-0.2, -0.15) is 0 Å². The van der Waals surface area contributed by atoms with Gasteiger partial charge in [-0.1, -0.05) is 54.9 Å². The summed E-state index contributed by atoms with van der Waals surface area (Å²) in [5.74, 6) is 3.90. The zero-order valence-corrected chi connectivity index (χ0v) is 24.0. The summed E-state index contributed by atoms with van der Waals surface area (Å²) in [6.07, 6.45) is 6.32. The number of carbonyl (C=O) groups excluding carboxylic acids is 1. The first-order chi connectivity index (χ1) is 16.6. The molecule has 3 aliphatic rings. The summed E-state index contributed by atoms with van der Waals surface area (Å²) in [5.41, 5.74) is 9.26. The van der Waals surface area contributed by atoms with Crippen LogP contribution in [0.25, 0.3) is 0 Å². The van der Waals surface area contributed by atoms with Crippen LogP contribution < -0.4 is 5.73 Å². The first-order valence-corrected chi connectivity index (χ1v) is 14.4. The molecule has 6 atom stereocenters. The first-order valence-electron chi connectivity index (χ1n) is 14.4. The van der Waals surface area contributed by atoms with Crippen molar-refractivity contribution < 1.29 is 9.53 Å². The smallest absolute Gasteiger partial charge is 0.160 e. The molecule has 0 aromatic heterocycles. The van der Waals surface area contributed by atoms with E-state index < -0.39 is 0 Å². The van der Waals surface area contributed by atoms with Crippen molar-refractivity contribution in [3.8, 4) is 0 Å². The molecule has 0 saturated heterocycles. The molecular weight excluding hydrogens is 434 g/mol. The molecule has 2 fully saturated rings. The number of Topliss-reactive ketones (excluding diaryl/α,β-unsaturated/α-hetero) is 1. The van der Waals surface area contributed by atoms with Gasteiger partial charge in [0, 0.05) is 26.6 Å². The lowest BCUT2D eigenvalue weighted by Crippen LogP contribution is -2.53. The fourth-order valence-electron chi connectivity index (χ4n) is 7.90. The lowest BCUT2D eigenvalue weighted by Gasteiger charge is -2.58. The molecule has 1 unspecified atom stereocenters. The highest BCUT2D eigenvalue weighted by Gasteiger charge is 2.61. The Hall–Kier alpha value is -1.20. The van der Waals surface area contributed by atoms with Crippen LogP contribution in [0.3, 0.4) is 0 Å². The molecule has 5 nitrogen and oxygen atoms in total. The SMILES string of the molecule is CC[C@H](C)C1CC[C@@H]2C3=C(C(C)C)C(=O)C[C@]3(C(N)=NCCN(CC)CCOC)CC[C@@]2(C)[C@H]1C. The Morgan fingerprint density at radius 3 is 2.51 bits per heavy atom. The largest absolute Gasteiger partial charge is 0.387 e. The number of aliphatic imine (C=N–C) groups is 1. The minimum Gasteiger partial charge on any atom is -0.387 e. The number of ketones is 1. The van der Waals surface area contributed by atoms with Crippen molar-refractivity contribution in [1.82, 2.24) is 4.90 Å². The van der Waals surface area contributed by atoms with Crippen molar-refractivity contribution in [2.75, 3.05) is 39.9 Å². The first kappa shape index (κ1) is 28.4. The van der Waals surface area contributed by atoms with Gasteiger partial charge in [-0.05, 0) is 78.4 Å². The van der Waals surface area contributed by atoms with E-state index in [0.29, 0.717) is 30.6 Å². The Balaban J connectivity index is 1.94. The van der Waals surface area contributed by atoms with Crippen LogP contribution in [0.4, 0.5) is 0 Å². The Morgan fingerprint density at radius 1 is 1.20 bits per heavy atom. The second-order valence-corrected chi connectivity index (χ2v) is 12.3. The molecule has 0 spiro atoms. The monoisotopic (exact) mass is 487 g/mol. The number of carbonyl (C=O) groups is 1. The maximum atomic E-state index is 13.5. The molecule has 200 valence electrons. The van der Waals surface area contributed by atoms with Crippen molar-refractivity contribution in [3.63, 3.8) is 0 Å². The number of fused-ring (bicyclic) bond motifs is 3. The third-order valence-electron chi connectivity index (χ3n) is 10.5. The van der Waals surface area contributed by atoms with Gasteiger partial charge in [-0.3, -0.25) is 14.7 Å². The normalized spacial score (nSPS) is 34.5. The van der Waals surface area contributed by atoms with E-state index in [0.717, 1.165) is 62.3 Å². The Kier molecular flexibility index (Phi) is 9.29. The summed E-state index contributed by atoms with van der Waals surface area (Å²) in [5, 5.41) is 0. The number of hydrogen-bond donors (Lipinski definition) is 1. The van der Waals surface area contributed by atoms with Gasteiger partial charge in [0.25, 0.3) is 0 Å². The molecule has 0 radical (unpaired) electrons. The number of rotatable bonds is 11. The maximum Gasteiger partial charge on any atom is 0.160 e. The van der Waals surface area contributed by atoms with Gasteiger partial charge in [0.05, 0.1) is 18.6 Å². The molecule has 2 N–H and O–H groups in total. The molecule has 0 aromatic rings. The maximum absolute atomic E-state index is 13.5. The minimum atomic E-state index is -0.354. The van der Waals surface area contributed by atoms with E-state index in [2.05, 4.69) is 53.4 Å². The molecule has 2 saturated carbocycles. The second kappa shape index (κ2) is 11.5. The standard InChI is InChI=1S/C30H53N3O2/c1-9-21(5)23-11-12-24-27-26(20(3)4)25(34)19-30(27,14-13-29(24,7)22(23)6)28(31)32-15-16-33(10-2)17-18-35-8/h20-24H,9-19H2,1-8H3,(H2,31,32)/t21-,22-,23?,24+,29-,30+/m0/s1. The van der Waals surface area contributed by atoms with Gasteiger partial charge < -0.3 is 10.5 Å². The van der Waals surface area contributed by atoms with E-state index in [1.807, 2.05) is 0 Å². The molecule has 35 heavy (non-hydrogen) atoms. The van der Waals surface area contributed by atoms with E-state index >= 15 is 0 Å². The zero-order valence-electron chi connectivity index (χ0n) is 24.0. The third-order valence-corrected chi connectivity index (χ3v) is 10.5. The fraction of sp³-hybridized carbons (Fsp3) is 0.867. The Bertz CT molecular complexity index is 818. The summed E-state index contributed by atoms with van der Waals surface area (Å²) < 4.78 is 5.25. The van der Waals surface area contributed by atoms with Crippen molar-refractivity contribution in [2.45, 2.75) is 87.0 Å². The summed E-state index contributed by atoms with van der Waals surface area (Å²) in [4.78, 5) is 20.8. The average Bonchev–Trinajstić information content (AvgIpc) is 3.15. The summed E-state index contributed by atoms with van der Waals surface area (Å²) in [6, 6.07) is 0. The lowest BCUT2D eigenvalue weighted by molar-refractivity contribution is -0.116. The molecule has 0 aliphatic heterocycles. The number of hydrogen-bond acceptors (Lipinski definition) is 4. The number of methoxy groups -OCH3 is 1. The summed E-state index contributed by atoms with van der Waals surface area (Å²) in [7, 11) is 1.74. The van der Waals surface area contributed by atoms with Crippen LogP contribution in [0.15, 0.2) is 16.1 Å². The quantitative estimate of drug-likeness (QED) is 0.298. The molecule has 3 rings (SSSR count). The summed E-state index contributed by atoms with van der Waals surface area (Å²) >= 11 is 0. The number of amidine groups is 1. The van der Waals surface area contributed by atoms with Crippen molar-refractivity contribution >= 4 is 11.6 Å². The number of nitrogens with zero attached hydrogens (tertiary/aromatic N) is 2. The number of likely N-dealkylation sites (N-methyl/N-ethyl adjacent to an activating group) is 1. The van der Waals surface area contributed by atoms with Crippen LogP contribution >= 0.6 is 0 Å². The predicted octanol–water partition coefficient (Wildman–Crippen LogP) is 5.73. The number of allylic oxidation sites excluding steroid dienone is 1. The van der Waals surface area contributed by atoms with Crippen LogP contribution in [0.1, 0.15) is 87.0 Å². The molecular formula is C30H53N3O2. The van der Waals surface area contributed by atoms with Crippen LogP contribution in [-0.2, 0) is 9.53 Å². The van der Waals surface area contributed by atoms with Crippen molar-refractivity contribution in [2.24, 2.45) is 51.1 Å². The molecule has 0 aromatic carbocycles. The zero-order chi connectivity index (χ0) is 26.0. The van der Waals surface area contributed by atoms with Crippen LogP contribution in [0.2, 0.25) is 0 Å². The van der Waals surface area contributed by atoms with Crippen LogP contribution in [-0.4, -0.2) is 56.4 Å².